The molecule has 3 atom stereocenters. The third kappa shape index (κ3) is 5.39. The quantitative estimate of drug-likeness (QED) is 0.459. The van der Waals surface area contributed by atoms with Crippen molar-refractivity contribution in [3.05, 3.63) is 49.9 Å². The van der Waals surface area contributed by atoms with Gasteiger partial charge in [-0.3, -0.25) is 14.5 Å². The molecule has 0 radical (unpaired) electrons. The van der Waals surface area contributed by atoms with Gasteiger partial charge in [-0.2, -0.15) is 0 Å². The van der Waals surface area contributed by atoms with Crippen LogP contribution in [0.5, 0.6) is 11.5 Å². The summed E-state index contributed by atoms with van der Waals surface area (Å²) < 4.78 is 13.0. The number of nitrogens with one attached hydrogen (secondary N) is 2. The highest BCUT2D eigenvalue weighted by Crippen LogP contribution is 2.52. The molecule has 2 unspecified atom stereocenters. The van der Waals surface area contributed by atoms with E-state index in [4.69, 9.17) is 21.1 Å². The Morgan fingerprint density at radius 3 is 2.41 bits per heavy atom. The Morgan fingerprint density at radius 1 is 1.10 bits per heavy atom. The average Bonchev–Trinajstić information content (AvgIpc) is 3.61. The number of thioether (sulfide) groups is 1. The number of likely N-dealkylation sites (tertiary alicyclic amines) is 2. The number of rotatable bonds is 6. The Kier molecular flexibility index (Phi) is 7.85. The van der Waals surface area contributed by atoms with Crippen molar-refractivity contribution in [2.45, 2.75) is 69.7 Å². The molecule has 4 aliphatic rings. The number of benzene rings is 1. The molecule has 2 N–H and O–H groups in total. The molecule has 4 heterocycles. The Morgan fingerprint density at radius 2 is 1.76 bits per heavy atom. The molecule has 222 valence electrons. The number of halogens is 1. The summed E-state index contributed by atoms with van der Waals surface area (Å²) in [4.78, 5) is 34.7. The van der Waals surface area contributed by atoms with Crippen molar-refractivity contribution in [2.24, 2.45) is 17.8 Å². The number of fused-ring (bicyclic) bond motifs is 2. The number of ether oxygens (including phenoxy) is 2. The van der Waals surface area contributed by atoms with Crippen LogP contribution in [0.25, 0.3) is 0 Å². The number of aromatic amines is 1. The third-order valence-electron chi connectivity index (χ3n) is 9.82. The second-order valence-corrected chi connectivity index (χ2v) is 13.9. The van der Waals surface area contributed by atoms with Crippen LogP contribution in [0.3, 0.4) is 0 Å². The maximum atomic E-state index is 13.3. The van der Waals surface area contributed by atoms with Gasteiger partial charge in [0.2, 0.25) is 0 Å². The molecule has 0 bridgehead atoms. The molecule has 1 saturated carbocycles. The molecule has 2 aromatic rings. The van der Waals surface area contributed by atoms with Crippen molar-refractivity contribution in [3.63, 3.8) is 0 Å². The summed E-state index contributed by atoms with van der Waals surface area (Å²) in [7, 11) is 2.24. The van der Waals surface area contributed by atoms with Gasteiger partial charge in [-0.25, -0.2) is 0 Å². The number of amides is 1. The summed E-state index contributed by atoms with van der Waals surface area (Å²) >= 11 is 8.16. The highest BCUT2D eigenvalue weighted by atomic mass is 35.5. The number of hydrogen-bond donors (Lipinski definition) is 2. The predicted octanol–water partition coefficient (Wildman–Crippen LogP) is 4.84. The second kappa shape index (κ2) is 11.1. The van der Waals surface area contributed by atoms with E-state index in [2.05, 4.69) is 27.1 Å². The number of nitrogens with zero attached hydrogens (tertiary/aromatic N) is 2. The van der Waals surface area contributed by atoms with Crippen LogP contribution >= 0.6 is 23.4 Å². The molecular formula is C31H41ClN4O4S. The first-order valence-corrected chi connectivity index (χ1v) is 16.3. The molecule has 1 aromatic carbocycles. The summed E-state index contributed by atoms with van der Waals surface area (Å²) in [5.41, 5.74) is 2.24. The zero-order valence-electron chi connectivity index (χ0n) is 24.6. The van der Waals surface area contributed by atoms with Gasteiger partial charge in [0.05, 0.1) is 5.02 Å². The van der Waals surface area contributed by atoms with E-state index in [1.54, 1.807) is 6.07 Å². The first-order chi connectivity index (χ1) is 19.6. The summed E-state index contributed by atoms with van der Waals surface area (Å²) in [5.74, 6) is 1.83. The minimum absolute atomic E-state index is 0.117. The molecule has 1 amide bonds. The van der Waals surface area contributed by atoms with E-state index in [1.165, 1.54) is 37.9 Å². The van der Waals surface area contributed by atoms with Gasteiger partial charge in [0.1, 0.15) is 0 Å². The van der Waals surface area contributed by atoms with Crippen LogP contribution in [-0.2, 0) is 6.54 Å². The van der Waals surface area contributed by atoms with E-state index < -0.39 is 5.79 Å². The van der Waals surface area contributed by atoms with Gasteiger partial charge in [0.15, 0.2) is 11.5 Å². The topological polar surface area (TPSA) is 86.9 Å². The maximum absolute atomic E-state index is 13.3. The molecule has 10 heteroatoms. The smallest absolute Gasteiger partial charge is 0.254 e. The standard InChI is InChI=1S/C31H41ClN4O4S/c1-17-10-26(41-5)24(30(38)34-17)12-33-29(37)23-11-25(32)28-27(18(23)2)39-31(3,40-28)21-6-8-22(9-7-21)36-15-19-13-35(4)14-20(19)16-36/h10-11,19-22H,6-9,12-16H2,1-5H3,(H,33,37)(H,34,38)/t19?,20?,21-,22+,31-/m0/s1. The van der Waals surface area contributed by atoms with Crippen molar-refractivity contribution in [3.8, 4) is 11.5 Å². The van der Waals surface area contributed by atoms with Crippen molar-refractivity contribution in [2.75, 3.05) is 39.5 Å². The minimum Gasteiger partial charge on any atom is -0.448 e. The van der Waals surface area contributed by atoms with Gasteiger partial charge in [-0.1, -0.05) is 11.6 Å². The fourth-order valence-electron chi connectivity index (χ4n) is 7.58. The minimum atomic E-state index is -0.816. The van der Waals surface area contributed by atoms with E-state index >= 15 is 0 Å². The molecule has 2 saturated heterocycles. The zero-order valence-corrected chi connectivity index (χ0v) is 26.2. The van der Waals surface area contributed by atoms with E-state index in [0.29, 0.717) is 39.3 Å². The number of aromatic nitrogens is 1. The summed E-state index contributed by atoms with van der Waals surface area (Å²) in [5, 5.41) is 3.27. The lowest BCUT2D eigenvalue weighted by molar-refractivity contribution is -0.124. The fourth-order valence-corrected chi connectivity index (χ4v) is 8.51. The van der Waals surface area contributed by atoms with Gasteiger partial charge in [0.25, 0.3) is 17.3 Å². The lowest BCUT2D eigenvalue weighted by atomic mass is 9.81. The normalized spacial score (nSPS) is 29.6. The van der Waals surface area contributed by atoms with Gasteiger partial charge in [-0.15, -0.1) is 11.8 Å². The molecule has 3 aliphatic heterocycles. The Hall–Kier alpha value is -2.20. The highest BCUT2D eigenvalue weighted by Gasteiger charge is 2.49. The van der Waals surface area contributed by atoms with Crippen molar-refractivity contribution in [1.82, 2.24) is 20.1 Å². The molecule has 0 spiro atoms. The van der Waals surface area contributed by atoms with Crippen LogP contribution < -0.4 is 20.3 Å². The van der Waals surface area contributed by atoms with Gasteiger partial charge >= 0.3 is 0 Å². The largest absolute Gasteiger partial charge is 0.448 e. The summed E-state index contributed by atoms with van der Waals surface area (Å²) in [6.45, 7) is 10.8. The van der Waals surface area contributed by atoms with Crippen molar-refractivity contribution in [1.29, 1.82) is 0 Å². The molecule has 41 heavy (non-hydrogen) atoms. The predicted molar refractivity (Wildman–Crippen MR) is 162 cm³/mol. The maximum Gasteiger partial charge on any atom is 0.254 e. The van der Waals surface area contributed by atoms with Gasteiger partial charge in [-0.05, 0) is 76.8 Å². The number of aryl methyl sites for hydroxylation is 1. The van der Waals surface area contributed by atoms with Crippen LogP contribution in [0, 0.1) is 31.6 Å². The number of carbonyl (C=O) groups excluding carboxylic acids is 1. The van der Waals surface area contributed by atoms with Crippen molar-refractivity contribution >= 4 is 29.3 Å². The van der Waals surface area contributed by atoms with Gasteiger partial charge < -0.3 is 24.7 Å². The average molecular weight is 601 g/mol. The molecular weight excluding hydrogens is 560 g/mol. The van der Waals surface area contributed by atoms with Crippen LogP contribution in [-0.4, -0.2) is 72.0 Å². The number of pyridine rings is 1. The molecule has 1 aliphatic carbocycles. The monoisotopic (exact) mass is 600 g/mol. The number of H-pyrrole nitrogens is 1. The Bertz CT molecular complexity index is 1390. The molecule has 8 nitrogen and oxygen atoms in total. The molecule has 3 fully saturated rings. The van der Waals surface area contributed by atoms with E-state index in [9.17, 15) is 9.59 Å². The van der Waals surface area contributed by atoms with E-state index in [1.807, 2.05) is 33.1 Å². The Balaban J connectivity index is 1.11. The summed E-state index contributed by atoms with van der Waals surface area (Å²) in [6.07, 6.45) is 6.28. The second-order valence-electron chi connectivity index (χ2n) is 12.6. The van der Waals surface area contributed by atoms with Crippen LogP contribution in [0.15, 0.2) is 21.8 Å². The molecule has 6 rings (SSSR count). The highest BCUT2D eigenvalue weighted by molar-refractivity contribution is 7.98. The number of carbonyl (C=O) groups is 1. The van der Waals surface area contributed by atoms with Crippen LogP contribution in [0.2, 0.25) is 5.02 Å². The van der Waals surface area contributed by atoms with E-state index in [-0.39, 0.29) is 23.9 Å². The van der Waals surface area contributed by atoms with Crippen LogP contribution in [0.4, 0.5) is 0 Å². The first-order valence-electron chi connectivity index (χ1n) is 14.7. The zero-order chi connectivity index (χ0) is 29.1. The van der Waals surface area contributed by atoms with Crippen molar-refractivity contribution < 1.29 is 14.3 Å². The summed E-state index contributed by atoms with van der Waals surface area (Å²) in [6, 6.07) is 4.20. The van der Waals surface area contributed by atoms with Gasteiger partial charge in [0, 0.05) is 78.9 Å². The first kappa shape index (κ1) is 28.9. The SMILES string of the molecule is CSc1cc(C)[nH]c(=O)c1CNC(=O)c1cc(Cl)c2c(c1C)O[C@](C)([C@H]1CC[C@@H](N3CC4CN(C)CC4C3)CC1)O2. The van der Waals surface area contributed by atoms with E-state index in [0.717, 1.165) is 48.1 Å². The third-order valence-corrected chi connectivity index (χ3v) is 10.9. The van der Waals surface area contributed by atoms with Crippen LogP contribution in [0.1, 0.15) is 59.8 Å². The Labute approximate surface area is 251 Å². The fraction of sp³-hybridized carbons (Fsp3) is 0.613. The number of hydrogen-bond acceptors (Lipinski definition) is 7. The lowest BCUT2D eigenvalue weighted by Gasteiger charge is -2.40. The lowest BCUT2D eigenvalue weighted by Crippen LogP contribution is -2.47. The molecule has 1 aromatic heterocycles.